The molecule has 0 atom stereocenters. The van der Waals surface area contributed by atoms with Crippen LogP contribution in [0.3, 0.4) is 0 Å². The first-order valence-corrected chi connectivity index (χ1v) is 7.53. The standard InChI is InChI=1S/C16H14N2O2S/c19-16(17-9-8-13-7-4-10-21-13)15-11-14(18-20-15)12-5-2-1-3-6-12/h1-7,10-11H,8-9H2,(H,17,19). The van der Waals surface area contributed by atoms with E-state index in [2.05, 4.69) is 16.5 Å². The van der Waals surface area contributed by atoms with Gasteiger partial charge in [-0.25, -0.2) is 0 Å². The Morgan fingerprint density at radius 1 is 1.19 bits per heavy atom. The van der Waals surface area contributed by atoms with Gasteiger partial charge in [0.05, 0.1) is 0 Å². The van der Waals surface area contributed by atoms with Crippen LogP contribution in [-0.2, 0) is 6.42 Å². The van der Waals surface area contributed by atoms with Crippen LogP contribution in [0, 0.1) is 0 Å². The zero-order valence-corrected chi connectivity index (χ0v) is 12.1. The fourth-order valence-corrected chi connectivity index (χ4v) is 2.68. The Hall–Kier alpha value is -2.40. The first-order valence-electron chi connectivity index (χ1n) is 6.65. The molecule has 2 aromatic heterocycles. The summed E-state index contributed by atoms with van der Waals surface area (Å²) in [5.41, 5.74) is 1.60. The van der Waals surface area contributed by atoms with Crippen molar-refractivity contribution in [2.24, 2.45) is 0 Å². The number of benzene rings is 1. The molecule has 0 saturated carbocycles. The minimum absolute atomic E-state index is 0.235. The van der Waals surface area contributed by atoms with Gasteiger partial charge in [0, 0.05) is 23.1 Å². The lowest BCUT2D eigenvalue weighted by Gasteiger charge is -2.00. The van der Waals surface area contributed by atoms with Gasteiger partial charge in [-0.2, -0.15) is 0 Å². The molecule has 1 amide bonds. The Bertz CT molecular complexity index is 705. The van der Waals surface area contributed by atoms with Gasteiger partial charge in [-0.05, 0) is 17.9 Å². The van der Waals surface area contributed by atoms with Crippen molar-refractivity contribution in [2.75, 3.05) is 6.54 Å². The average molecular weight is 298 g/mol. The van der Waals surface area contributed by atoms with Crippen LogP contribution >= 0.6 is 11.3 Å². The SMILES string of the molecule is O=C(NCCc1cccs1)c1cc(-c2ccccc2)no1. The second kappa shape index (κ2) is 6.37. The van der Waals surface area contributed by atoms with E-state index in [0.29, 0.717) is 12.2 Å². The average Bonchev–Trinajstić information content (AvgIpc) is 3.20. The Morgan fingerprint density at radius 2 is 2.05 bits per heavy atom. The Balaban J connectivity index is 1.59. The maximum atomic E-state index is 12.0. The molecular formula is C16H14N2O2S. The molecule has 1 aromatic carbocycles. The number of carbonyl (C=O) groups is 1. The van der Waals surface area contributed by atoms with E-state index in [1.54, 1.807) is 17.4 Å². The number of thiophene rings is 1. The summed E-state index contributed by atoms with van der Waals surface area (Å²) < 4.78 is 5.11. The summed E-state index contributed by atoms with van der Waals surface area (Å²) in [5.74, 6) is 0.00118. The molecule has 3 aromatic rings. The van der Waals surface area contributed by atoms with Crippen LogP contribution in [0.15, 0.2) is 58.4 Å². The van der Waals surface area contributed by atoms with Crippen molar-refractivity contribution in [3.05, 3.63) is 64.5 Å². The number of hydrogen-bond acceptors (Lipinski definition) is 4. The fourth-order valence-electron chi connectivity index (χ4n) is 1.97. The summed E-state index contributed by atoms with van der Waals surface area (Å²) in [5, 5.41) is 8.80. The molecule has 0 radical (unpaired) electrons. The lowest BCUT2D eigenvalue weighted by molar-refractivity contribution is 0.0917. The predicted octanol–water partition coefficient (Wildman–Crippen LogP) is 3.38. The zero-order valence-electron chi connectivity index (χ0n) is 11.3. The monoisotopic (exact) mass is 298 g/mol. The number of nitrogens with zero attached hydrogens (tertiary/aromatic N) is 1. The fraction of sp³-hybridized carbons (Fsp3) is 0.125. The molecule has 3 rings (SSSR count). The molecule has 21 heavy (non-hydrogen) atoms. The maximum Gasteiger partial charge on any atom is 0.289 e. The highest BCUT2D eigenvalue weighted by atomic mass is 32.1. The number of carbonyl (C=O) groups excluding carboxylic acids is 1. The minimum Gasteiger partial charge on any atom is -0.350 e. The molecule has 106 valence electrons. The van der Waals surface area contributed by atoms with E-state index in [0.717, 1.165) is 12.0 Å². The summed E-state index contributed by atoms with van der Waals surface area (Å²) in [6.07, 6.45) is 0.823. The van der Waals surface area contributed by atoms with Crippen molar-refractivity contribution in [1.82, 2.24) is 10.5 Å². The van der Waals surface area contributed by atoms with E-state index < -0.39 is 0 Å². The van der Waals surface area contributed by atoms with Gasteiger partial charge in [0.25, 0.3) is 5.91 Å². The quantitative estimate of drug-likeness (QED) is 0.785. The van der Waals surface area contributed by atoms with Crippen LogP contribution in [0.25, 0.3) is 11.3 Å². The van der Waals surface area contributed by atoms with Crippen LogP contribution in [0.2, 0.25) is 0 Å². The molecular weight excluding hydrogens is 284 g/mol. The van der Waals surface area contributed by atoms with Gasteiger partial charge in [0.1, 0.15) is 5.69 Å². The number of amides is 1. The summed E-state index contributed by atoms with van der Waals surface area (Å²) in [6.45, 7) is 0.584. The topological polar surface area (TPSA) is 55.1 Å². The lowest BCUT2D eigenvalue weighted by atomic mass is 10.1. The van der Waals surface area contributed by atoms with Crippen molar-refractivity contribution in [2.45, 2.75) is 6.42 Å². The van der Waals surface area contributed by atoms with Crippen molar-refractivity contribution in [3.8, 4) is 11.3 Å². The first kappa shape index (κ1) is 13.6. The number of aromatic nitrogens is 1. The van der Waals surface area contributed by atoms with Gasteiger partial charge >= 0.3 is 0 Å². The normalized spacial score (nSPS) is 10.5. The number of nitrogens with one attached hydrogen (secondary N) is 1. The molecule has 0 aliphatic rings. The third-order valence-electron chi connectivity index (χ3n) is 3.04. The molecule has 2 heterocycles. The van der Waals surface area contributed by atoms with Crippen molar-refractivity contribution < 1.29 is 9.32 Å². The molecule has 0 aliphatic heterocycles. The molecule has 4 nitrogen and oxygen atoms in total. The van der Waals surface area contributed by atoms with E-state index in [9.17, 15) is 4.79 Å². The molecule has 0 spiro atoms. The molecule has 0 saturated heterocycles. The maximum absolute atomic E-state index is 12.0. The molecule has 5 heteroatoms. The van der Waals surface area contributed by atoms with Gasteiger partial charge in [-0.3, -0.25) is 4.79 Å². The van der Waals surface area contributed by atoms with E-state index in [-0.39, 0.29) is 11.7 Å². The van der Waals surface area contributed by atoms with Gasteiger partial charge in [-0.15, -0.1) is 11.3 Å². The van der Waals surface area contributed by atoms with Crippen molar-refractivity contribution in [1.29, 1.82) is 0 Å². The number of rotatable bonds is 5. The molecule has 1 N–H and O–H groups in total. The largest absolute Gasteiger partial charge is 0.350 e. The lowest BCUT2D eigenvalue weighted by Crippen LogP contribution is -2.25. The van der Waals surface area contributed by atoms with E-state index in [4.69, 9.17) is 4.52 Å². The Morgan fingerprint density at radius 3 is 2.81 bits per heavy atom. The highest BCUT2D eigenvalue weighted by Crippen LogP contribution is 2.18. The van der Waals surface area contributed by atoms with E-state index in [1.807, 2.05) is 41.8 Å². The Kier molecular flexibility index (Phi) is 4.12. The van der Waals surface area contributed by atoms with Gasteiger partial charge in [0.2, 0.25) is 5.76 Å². The van der Waals surface area contributed by atoms with Crippen LogP contribution in [0.5, 0.6) is 0 Å². The van der Waals surface area contributed by atoms with Gasteiger partial charge < -0.3 is 9.84 Å². The number of hydrogen-bond donors (Lipinski definition) is 1. The molecule has 0 bridgehead atoms. The molecule has 0 fully saturated rings. The minimum atomic E-state index is -0.235. The van der Waals surface area contributed by atoms with Crippen molar-refractivity contribution >= 4 is 17.2 Å². The smallest absolute Gasteiger partial charge is 0.289 e. The van der Waals surface area contributed by atoms with Crippen LogP contribution in [0.4, 0.5) is 0 Å². The Labute approximate surface area is 126 Å². The van der Waals surface area contributed by atoms with Crippen LogP contribution < -0.4 is 5.32 Å². The summed E-state index contributed by atoms with van der Waals surface area (Å²) >= 11 is 1.68. The second-order valence-corrected chi connectivity index (χ2v) is 5.56. The van der Waals surface area contributed by atoms with Crippen LogP contribution in [-0.4, -0.2) is 17.6 Å². The van der Waals surface area contributed by atoms with E-state index >= 15 is 0 Å². The van der Waals surface area contributed by atoms with Gasteiger partial charge in [-0.1, -0.05) is 41.6 Å². The summed E-state index contributed by atoms with van der Waals surface area (Å²) in [4.78, 5) is 13.2. The predicted molar refractivity (Wildman–Crippen MR) is 82.3 cm³/mol. The highest BCUT2D eigenvalue weighted by Gasteiger charge is 2.13. The third-order valence-corrected chi connectivity index (χ3v) is 3.98. The van der Waals surface area contributed by atoms with E-state index in [1.165, 1.54) is 4.88 Å². The van der Waals surface area contributed by atoms with Gasteiger partial charge in [0.15, 0.2) is 0 Å². The molecule has 0 unspecified atom stereocenters. The molecule has 0 aliphatic carbocycles. The zero-order chi connectivity index (χ0) is 14.5. The third kappa shape index (κ3) is 3.38. The first-order chi connectivity index (χ1) is 10.3. The second-order valence-electron chi connectivity index (χ2n) is 4.53. The van der Waals surface area contributed by atoms with Crippen LogP contribution in [0.1, 0.15) is 15.4 Å². The van der Waals surface area contributed by atoms with Crippen molar-refractivity contribution in [3.63, 3.8) is 0 Å². The highest BCUT2D eigenvalue weighted by molar-refractivity contribution is 7.09. The summed E-state index contributed by atoms with van der Waals surface area (Å²) in [7, 11) is 0. The summed E-state index contributed by atoms with van der Waals surface area (Å²) in [6, 6.07) is 15.4.